The van der Waals surface area contributed by atoms with Crippen molar-refractivity contribution in [1.82, 2.24) is 49.0 Å². The van der Waals surface area contributed by atoms with Crippen LogP contribution >= 0.6 is 0 Å². The maximum absolute atomic E-state index is 13.6. The Morgan fingerprint density at radius 3 is 1.26 bits per heavy atom. The van der Waals surface area contributed by atoms with Crippen LogP contribution in [0.25, 0.3) is 56.3 Å². The minimum Gasteiger partial charge on any atom is -0.355 e. The molecular formula is C52H55FN12. The van der Waals surface area contributed by atoms with E-state index in [0.29, 0.717) is 6.04 Å². The molecule has 4 aliphatic heterocycles. The molecule has 12 rings (SSSR count). The summed E-state index contributed by atoms with van der Waals surface area (Å²) in [6, 6.07) is 34.6. The highest BCUT2D eigenvalue weighted by Crippen LogP contribution is 2.35. The fourth-order valence-corrected chi connectivity index (χ4v) is 10.5. The molecule has 13 heteroatoms. The predicted molar refractivity (Wildman–Crippen MR) is 255 cm³/mol. The Bertz CT molecular complexity index is 2820. The number of piperidine rings is 2. The Hall–Kier alpha value is -6.57. The van der Waals surface area contributed by atoms with Crippen LogP contribution in [-0.2, 0) is 0 Å². The number of benzene rings is 2. The minimum absolute atomic E-state index is 0.259. The van der Waals surface area contributed by atoms with Gasteiger partial charge in [0.25, 0.3) is 0 Å². The molecule has 65 heavy (non-hydrogen) atoms. The zero-order chi connectivity index (χ0) is 43.5. The van der Waals surface area contributed by atoms with Crippen LogP contribution in [0.15, 0.2) is 128 Å². The van der Waals surface area contributed by atoms with Gasteiger partial charge in [-0.25, -0.2) is 23.4 Å². The number of rotatable bonds is 8. The first-order valence-electron chi connectivity index (χ1n) is 23.5. The van der Waals surface area contributed by atoms with Crippen molar-refractivity contribution < 1.29 is 4.39 Å². The summed E-state index contributed by atoms with van der Waals surface area (Å²) in [5.41, 5.74) is 9.31. The van der Waals surface area contributed by atoms with E-state index < -0.39 is 0 Å². The molecule has 2 aromatic carbocycles. The molecule has 4 aliphatic rings. The summed E-state index contributed by atoms with van der Waals surface area (Å²) in [6.07, 6.45) is 17.4. The van der Waals surface area contributed by atoms with E-state index in [9.17, 15) is 4.39 Å². The van der Waals surface area contributed by atoms with E-state index in [0.717, 1.165) is 100 Å². The topological polar surface area (TPSA) is 99.1 Å². The van der Waals surface area contributed by atoms with Gasteiger partial charge in [-0.3, -0.25) is 9.97 Å². The molecule has 10 heterocycles. The fraction of sp³-hybridized carbons (Fsp3) is 0.346. The number of hydrogen-bond acceptors (Lipinski definition) is 10. The summed E-state index contributed by atoms with van der Waals surface area (Å²) in [5, 5.41) is 10.1. The smallest absolute Gasteiger partial charge is 0.155 e. The summed E-state index contributed by atoms with van der Waals surface area (Å²) < 4.78 is 17.5. The van der Waals surface area contributed by atoms with E-state index in [1.54, 1.807) is 24.5 Å². The van der Waals surface area contributed by atoms with Gasteiger partial charge in [-0.05, 0) is 150 Å². The fourth-order valence-electron chi connectivity index (χ4n) is 10.5. The molecule has 6 aromatic heterocycles. The zero-order valence-corrected chi connectivity index (χ0v) is 36.8. The van der Waals surface area contributed by atoms with Crippen molar-refractivity contribution in [3.05, 3.63) is 134 Å². The van der Waals surface area contributed by atoms with Crippen molar-refractivity contribution in [2.75, 3.05) is 62.2 Å². The average Bonchev–Trinajstić information content (AvgIpc) is 4.23. The van der Waals surface area contributed by atoms with Crippen LogP contribution in [0.2, 0.25) is 0 Å². The SMILES string of the molecule is Fc1ccc(-c2nc3ccc(N4CCC(N5CCCC5)CC4)nn3c2-c2ccncc2)cc1.c1ccc(-c2nc3ccc(N4CCC(N5CCCC5)CC4)nn3c2-c2ccncc2)cc1. The first-order chi connectivity index (χ1) is 32.1. The molecule has 0 spiro atoms. The lowest BCUT2D eigenvalue weighted by Gasteiger charge is -2.37. The number of aromatic nitrogens is 8. The second-order valence-electron chi connectivity index (χ2n) is 17.8. The molecule has 0 N–H and O–H groups in total. The Labute approximate surface area is 379 Å². The van der Waals surface area contributed by atoms with E-state index in [-0.39, 0.29) is 5.82 Å². The molecule has 4 saturated heterocycles. The zero-order valence-electron chi connectivity index (χ0n) is 36.8. The van der Waals surface area contributed by atoms with Crippen LogP contribution in [-0.4, -0.2) is 113 Å². The highest BCUT2D eigenvalue weighted by molar-refractivity contribution is 5.83. The van der Waals surface area contributed by atoms with Crippen molar-refractivity contribution in [2.24, 2.45) is 0 Å². The van der Waals surface area contributed by atoms with Crippen LogP contribution in [0.3, 0.4) is 0 Å². The van der Waals surface area contributed by atoms with Gasteiger partial charge in [0.05, 0.1) is 11.4 Å². The van der Waals surface area contributed by atoms with Crippen molar-refractivity contribution in [2.45, 2.75) is 63.5 Å². The molecular weight excluding hydrogens is 812 g/mol. The lowest BCUT2D eigenvalue weighted by Crippen LogP contribution is -2.44. The van der Waals surface area contributed by atoms with Crippen molar-refractivity contribution in [3.63, 3.8) is 0 Å². The molecule has 12 nitrogen and oxygen atoms in total. The third-order valence-electron chi connectivity index (χ3n) is 13.9. The molecule has 0 amide bonds. The lowest BCUT2D eigenvalue weighted by atomic mass is 10.0. The third-order valence-corrected chi connectivity index (χ3v) is 13.9. The quantitative estimate of drug-likeness (QED) is 0.147. The van der Waals surface area contributed by atoms with Crippen LogP contribution in [0.1, 0.15) is 51.4 Å². The standard InChI is InChI=1S/C26H27FN6.C26H28N6/c27-21-5-3-19(4-6-21)25-26(20-9-13-28-14-10-20)33-23(29-25)7-8-24(30-33)32-17-11-22(12-18-32)31-15-1-2-16-31;1-2-6-20(7-3-1)25-26(21-10-14-27-15-11-21)32-23(28-25)8-9-24(29-32)31-18-12-22(13-19-31)30-16-4-5-17-30/h3-10,13-14,22H,1-2,11-12,15-18H2;1-3,6-11,14-15,22H,4-5,12-13,16-19H2. The second kappa shape index (κ2) is 18.5. The van der Waals surface area contributed by atoms with Crippen molar-refractivity contribution in [3.8, 4) is 45.0 Å². The van der Waals surface area contributed by atoms with Crippen LogP contribution < -0.4 is 9.80 Å². The number of hydrogen-bond donors (Lipinski definition) is 0. The number of fused-ring (bicyclic) bond motifs is 2. The first kappa shape index (κ1) is 41.2. The first-order valence-corrected chi connectivity index (χ1v) is 23.5. The predicted octanol–water partition coefficient (Wildman–Crippen LogP) is 9.18. The van der Waals surface area contributed by atoms with Gasteiger partial charge in [-0.2, -0.15) is 0 Å². The van der Waals surface area contributed by atoms with Gasteiger partial charge in [-0.15, -0.1) is 10.2 Å². The van der Waals surface area contributed by atoms with E-state index in [4.69, 9.17) is 20.2 Å². The number of halogens is 1. The Morgan fingerprint density at radius 2 is 0.831 bits per heavy atom. The summed E-state index contributed by atoms with van der Waals surface area (Å²) in [6.45, 7) is 9.22. The molecule has 0 bridgehead atoms. The lowest BCUT2D eigenvalue weighted by molar-refractivity contribution is 0.207. The maximum Gasteiger partial charge on any atom is 0.155 e. The Balaban J connectivity index is 0.000000144. The summed E-state index contributed by atoms with van der Waals surface area (Å²) >= 11 is 0. The monoisotopic (exact) mass is 866 g/mol. The van der Waals surface area contributed by atoms with Gasteiger partial charge in [0, 0.05) is 85.3 Å². The highest BCUT2D eigenvalue weighted by Gasteiger charge is 2.29. The van der Waals surface area contributed by atoms with Gasteiger partial charge >= 0.3 is 0 Å². The largest absolute Gasteiger partial charge is 0.355 e. The summed E-state index contributed by atoms with van der Waals surface area (Å²) in [4.78, 5) is 28.4. The number of nitrogens with zero attached hydrogens (tertiary/aromatic N) is 12. The van der Waals surface area contributed by atoms with Crippen LogP contribution in [0.5, 0.6) is 0 Å². The normalized spacial score (nSPS) is 17.9. The number of pyridine rings is 2. The Kier molecular flexibility index (Phi) is 11.7. The number of likely N-dealkylation sites (tertiary alicyclic amines) is 2. The molecule has 0 aliphatic carbocycles. The molecule has 330 valence electrons. The molecule has 0 unspecified atom stereocenters. The number of imidazole rings is 2. The van der Waals surface area contributed by atoms with E-state index in [1.807, 2.05) is 57.8 Å². The van der Waals surface area contributed by atoms with Gasteiger partial charge in [0.15, 0.2) is 11.3 Å². The second-order valence-corrected chi connectivity index (χ2v) is 17.8. The average molecular weight is 867 g/mol. The molecule has 0 atom stereocenters. The van der Waals surface area contributed by atoms with Gasteiger partial charge in [0.1, 0.15) is 28.8 Å². The van der Waals surface area contributed by atoms with Gasteiger partial charge in [0.2, 0.25) is 0 Å². The van der Waals surface area contributed by atoms with Crippen molar-refractivity contribution >= 4 is 22.9 Å². The molecule has 4 fully saturated rings. The highest BCUT2D eigenvalue weighted by atomic mass is 19.1. The Morgan fingerprint density at radius 1 is 0.415 bits per heavy atom. The van der Waals surface area contributed by atoms with Crippen molar-refractivity contribution in [1.29, 1.82) is 0 Å². The minimum atomic E-state index is -0.259. The summed E-state index contributed by atoms with van der Waals surface area (Å²) in [7, 11) is 0. The van der Waals surface area contributed by atoms with Gasteiger partial charge < -0.3 is 19.6 Å². The molecule has 8 aromatic rings. The molecule has 0 radical (unpaired) electrons. The van der Waals surface area contributed by atoms with Gasteiger partial charge in [-0.1, -0.05) is 30.3 Å². The van der Waals surface area contributed by atoms with Crippen LogP contribution in [0.4, 0.5) is 16.0 Å². The molecule has 0 saturated carbocycles. The third kappa shape index (κ3) is 8.58. The van der Waals surface area contributed by atoms with E-state index in [1.165, 1.54) is 89.7 Å². The summed E-state index contributed by atoms with van der Waals surface area (Å²) in [5.74, 6) is 1.75. The van der Waals surface area contributed by atoms with Crippen LogP contribution in [0, 0.1) is 5.82 Å². The van der Waals surface area contributed by atoms with E-state index in [2.05, 4.69) is 72.0 Å². The maximum atomic E-state index is 13.6. The van der Waals surface area contributed by atoms with E-state index >= 15 is 0 Å². The number of anilines is 2.